The van der Waals surface area contributed by atoms with Gasteiger partial charge in [0.25, 0.3) is 0 Å². The molecule has 0 aliphatic heterocycles. The van der Waals surface area contributed by atoms with Crippen molar-refractivity contribution in [2.75, 3.05) is 0 Å². The highest BCUT2D eigenvalue weighted by Gasteiger charge is 2.47. The first-order valence-corrected chi connectivity index (χ1v) is 26.7. The van der Waals surface area contributed by atoms with Gasteiger partial charge >= 0.3 is 0 Å². The van der Waals surface area contributed by atoms with E-state index in [0.717, 1.165) is 0 Å². The van der Waals surface area contributed by atoms with Crippen LogP contribution in [0.1, 0.15) is 44.5 Å². The molecule has 0 bridgehead atoms. The summed E-state index contributed by atoms with van der Waals surface area (Å²) in [5.74, 6) is 0. The second-order valence-electron chi connectivity index (χ2n) is 20.9. The molecular weight excluding hydrogens is 913 g/mol. The van der Waals surface area contributed by atoms with Crippen molar-refractivity contribution in [2.24, 2.45) is 0 Å². The van der Waals surface area contributed by atoms with Gasteiger partial charge in [-0.1, -0.05) is 267 Å². The summed E-state index contributed by atoms with van der Waals surface area (Å²) in [5.41, 5.74) is 19.4. The number of benzene rings is 14. The number of hydrogen-bond donors (Lipinski definition) is 0. The van der Waals surface area contributed by atoms with E-state index in [1.54, 1.807) is 0 Å². The highest BCUT2D eigenvalue weighted by atomic mass is 14.5. The van der Waals surface area contributed by atoms with E-state index in [-0.39, 0.29) is 0 Å². The van der Waals surface area contributed by atoms with E-state index < -0.39 is 10.8 Å². The molecule has 0 fully saturated rings. The van der Waals surface area contributed by atoms with Gasteiger partial charge in [0, 0.05) is 0 Å². The number of fused-ring (bicyclic) bond motifs is 17. The van der Waals surface area contributed by atoms with Gasteiger partial charge in [0.2, 0.25) is 0 Å². The third kappa shape index (κ3) is 5.84. The van der Waals surface area contributed by atoms with Crippen molar-refractivity contribution in [1.29, 1.82) is 0 Å². The van der Waals surface area contributed by atoms with Crippen LogP contribution in [0.3, 0.4) is 0 Å². The minimum Gasteiger partial charge on any atom is -0.0622 e. The van der Waals surface area contributed by atoms with Crippen LogP contribution in [0, 0.1) is 0 Å². The maximum Gasteiger partial charge on any atom is 0.0713 e. The van der Waals surface area contributed by atoms with Crippen molar-refractivity contribution in [3.8, 4) is 44.5 Å². The van der Waals surface area contributed by atoms with Crippen molar-refractivity contribution in [1.82, 2.24) is 0 Å². The van der Waals surface area contributed by atoms with Crippen LogP contribution in [0.4, 0.5) is 0 Å². The van der Waals surface area contributed by atoms with Crippen molar-refractivity contribution in [3.63, 3.8) is 0 Å². The summed E-state index contributed by atoms with van der Waals surface area (Å²) in [6, 6.07) is 110. The molecule has 14 aromatic rings. The molecule has 0 spiro atoms. The summed E-state index contributed by atoms with van der Waals surface area (Å²) in [6.45, 7) is 0. The average molecular weight is 961 g/mol. The zero-order chi connectivity index (χ0) is 50.0. The zero-order valence-electron chi connectivity index (χ0n) is 41.7. The molecule has 0 nitrogen and oxygen atoms in total. The Morgan fingerprint density at radius 1 is 0.171 bits per heavy atom. The van der Waals surface area contributed by atoms with Gasteiger partial charge in [0.15, 0.2) is 0 Å². The molecule has 0 heterocycles. The van der Waals surface area contributed by atoms with Gasteiger partial charge < -0.3 is 0 Å². The summed E-state index contributed by atoms with van der Waals surface area (Å²) < 4.78 is 0. The van der Waals surface area contributed by atoms with Crippen LogP contribution >= 0.6 is 0 Å². The normalized spacial score (nSPS) is 13.7. The number of hydrogen-bond acceptors (Lipinski definition) is 0. The first-order valence-electron chi connectivity index (χ1n) is 26.7. The minimum absolute atomic E-state index is 0.482. The molecule has 352 valence electrons. The Hall–Kier alpha value is -9.62. The zero-order valence-corrected chi connectivity index (χ0v) is 41.7. The topological polar surface area (TPSA) is 0 Å². The molecule has 76 heavy (non-hydrogen) atoms. The van der Waals surface area contributed by atoms with Gasteiger partial charge in [0.05, 0.1) is 10.8 Å². The second kappa shape index (κ2) is 16.4. The summed E-state index contributed by atoms with van der Waals surface area (Å²) in [5, 5.41) is 12.7. The molecule has 16 rings (SSSR count). The van der Waals surface area contributed by atoms with Crippen LogP contribution in [-0.2, 0) is 10.8 Å². The molecule has 2 aliphatic carbocycles. The Labute approximate surface area is 442 Å². The Morgan fingerprint density at radius 3 is 0.829 bits per heavy atom. The predicted molar refractivity (Wildman–Crippen MR) is 319 cm³/mol. The van der Waals surface area contributed by atoms with E-state index >= 15 is 0 Å². The fraction of sp³-hybridized carbons (Fsp3) is 0.0263. The SMILES string of the molecule is c1ccc(C2(c3ccccc3)c3ccccc3-c3ccc(-c4ccc5c6ccccc6c6c7cc(-c8ccc9c(c8)C(c8ccccc8)(c8ccccc8)c8ccccc8-9)ccc7c7ccccc7c6c5c4)cc32)cc1. The van der Waals surface area contributed by atoms with E-state index in [1.165, 1.54) is 143 Å². The molecule has 0 saturated carbocycles. The van der Waals surface area contributed by atoms with Crippen molar-refractivity contribution in [2.45, 2.75) is 10.8 Å². The van der Waals surface area contributed by atoms with Gasteiger partial charge in [-0.25, -0.2) is 0 Å². The Bertz CT molecular complexity index is 4280. The van der Waals surface area contributed by atoms with Gasteiger partial charge in [-0.3, -0.25) is 0 Å². The highest BCUT2D eigenvalue weighted by molar-refractivity contribution is 6.39. The van der Waals surface area contributed by atoms with E-state index in [4.69, 9.17) is 0 Å². The Morgan fingerprint density at radius 2 is 0.447 bits per heavy atom. The molecule has 0 atom stereocenters. The molecule has 0 unspecified atom stereocenters. The molecule has 0 aromatic heterocycles. The monoisotopic (exact) mass is 960 g/mol. The Balaban J connectivity index is 0.941. The van der Waals surface area contributed by atoms with Crippen molar-refractivity contribution >= 4 is 53.9 Å². The lowest BCUT2D eigenvalue weighted by molar-refractivity contribution is 0.769. The van der Waals surface area contributed by atoms with Gasteiger partial charge in [-0.2, -0.15) is 0 Å². The third-order valence-corrected chi connectivity index (χ3v) is 17.4. The van der Waals surface area contributed by atoms with Gasteiger partial charge in [-0.15, -0.1) is 0 Å². The summed E-state index contributed by atoms with van der Waals surface area (Å²) in [7, 11) is 0. The van der Waals surface area contributed by atoms with Crippen LogP contribution in [-0.4, -0.2) is 0 Å². The summed E-state index contributed by atoms with van der Waals surface area (Å²) >= 11 is 0. The lowest BCUT2D eigenvalue weighted by atomic mass is 9.67. The largest absolute Gasteiger partial charge is 0.0713 e. The average Bonchev–Trinajstić information content (AvgIpc) is 4.02. The van der Waals surface area contributed by atoms with E-state index in [2.05, 4.69) is 291 Å². The fourth-order valence-corrected chi connectivity index (χ4v) is 14.3. The molecule has 0 radical (unpaired) electrons. The first kappa shape index (κ1) is 42.8. The molecule has 14 aromatic carbocycles. The van der Waals surface area contributed by atoms with Crippen LogP contribution < -0.4 is 0 Å². The molecule has 0 N–H and O–H groups in total. The summed E-state index contributed by atoms with van der Waals surface area (Å²) in [6.07, 6.45) is 0. The fourth-order valence-electron chi connectivity index (χ4n) is 14.3. The quantitative estimate of drug-likeness (QED) is 0.146. The smallest absolute Gasteiger partial charge is 0.0622 e. The lowest BCUT2D eigenvalue weighted by Gasteiger charge is -2.34. The van der Waals surface area contributed by atoms with Crippen LogP contribution in [0.15, 0.2) is 291 Å². The van der Waals surface area contributed by atoms with E-state index in [0.29, 0.717) is 0 Å². The van der Waals surface area contributed by atoms with Crippen LogP contribution in [0.5, 0.6) is 0 Å². The van der Waals surface area contributed by atoms with Crippen molar-refractivity contribution in [3.05, 3.63) is 336 Å². The molecular formula is C76H48. The maximum absolute atomic E-state index is 2.50. The minimum atomic E-state index is -0.482. The van der Waals surface area contributed by atoms with Gasteiger partial charge in [-0.05, 0) is 167 Å². The standard InChI is InChI=1S/C76H48/c1-5-21-53(22-6-1)75(54-23-7-2-8-24-54)69-35-19-17-31-61(69)63-43-39-51(47-71(63)75)49-37-41-59-57-29-13-16-34-66(57)74-68-46-50(38-42-60(68)58-30-14-15-33-65(58)73(74)67(59)45-49)52-40-44-64-62-32-18-20-36-70(62)76(72(64)48-52,55-25-9-3-10-26-55)56-27-11-4-12-28-56/h1-48H. The first-order chi connectivity index (χ1) is 37.7. The molecule has 0 saturated heterocycles. The van der Waals surface area contributed by atoms with Crippen LogP contribution in [0.25, 0.3) is 98.4 Å². The highest BCUT2D eigenvalue weighted by Crippen LogP contribution is 2.59. The van der Waals surface area contributed by atoms with Gasteiger partial charge in [0.1, 0.15) is 0 Å². The molecule has 2 aliphatic rings. The lowest BCUT2D eigenvalue weighted by Crippen LogP contribution is -2.28. The number of rotatable bonds is 6. The summed E-state index contributed by atoms with van der Waals surface area (Å²) in [4.78, 5) is 0. The maximum atomic E-state index is 2.50. The van der Waals surface area contributed by atoms with E-state index in [9.17, 15) is 0 Å². The Kier molecular flexibility index (Phi) is 9.27. The van der Waals surface area contributed by atoms with Crippen molar-refractivity contribution < 1.29 is 0 Å². The predicted octanol–water partition coefficient (Wildman–Crippen LogP) is 19.5. The molecule has 0 amide bonds. The molecule has 0 heteroatoms. The second-order valence-corrected chi connectivity index (χ2v) is 20.9. The van der Waals surface area contributed by atoms with E-state index in [1.807, 2.05) is 0 Å². The third-order valence-electron chi connectivity index (χ3n) is 17.4. The van der Waals surface area contributed by atoms with Crippen LogP contribution in [0.2, 0.25) is 0 Å².